The normalized spacial score (nSPS) is 16.4. The third-order valence-corrected chi connectivity index (χ3v) is 7.95. The molecule has 2 heterocycles. The van der Waals surface area contributed by atoms with E-state index in [-0.39, 0.29) is 32.2 Å². The lowest BCUT2D eigenvalue weighted by atomic mass is 9.95. The van der Waals surface area contributed by atoms with Crippen molar-refractivity contribution in [2.24, 2.45) is 0 Å². The summed E-state index contributed by atoms with van der Waals surface area (Å²) in [6.07, 6.45) is 0. The summed E-state index contributed by atoms with van der Waals surface area (Å²) in [5.74, 6) is -3.57. The Morgan fingerprint density at radius 1 is 1.00 bits per heavy atom. The number of phenols is 1. The number of rotatable bonds is 6. The van der Waals surface area contributed by atoms with Crippen molar-refractivity contribution in [1.82, 2.24) is 4.98 Å². The number of carbonyl (C=O) groups excluding carboxylic acids is 2. The summed E-state index contributed by atoms with van der Waals surface area (Å²) in [4.78, 5) is 32.2. The molecule has 0 saturated carbocycles. The molecule has 1 unspecified atom stereocenters. The van der Waals surface area contributed by atoms with Crippen molar-refractivity contribution in [1.29, 1.82) is 0 Å². The number of aliphatic hydroxyl groups is 1. The van der Waals surface area contributed by atoms with Gasteiger partial charge in [-0.2, -0.15) is 0 Å². The van der Waals surface area contributed by atoms with Gasteiger partial charge < -0.3 is 14.9 Å². The van der Waals surface area contributed by atoms with Crippen LogP contribution in [0, 0.1) is 18.6 Å². The Morgan fingerprint density at radius 2 is 1.74 bits per heavy atom. The smallest absolute Gasteiger partial charge is 0.301 e. The number of ether oxygens (including phenoxy) is 1. The standard InChI is InChI=1S/C32H22F2N2O5S/c1-17-13-20(9-12-24(17)41-16-18-5-3-2-4-6-18)29(38)26-28(19-7-10-22(37)11-8-19)36(31(40)30(26)39)32-35-27-23(34)14-21(33)15-25(27)42-32/h2-15,28,37-38H,16H2,1H3/b29-26+. The fraction of sp³-hybridized carbons (Fsp3) is 0.0938. The van der Waals surface area contributed by atoms with Gasteiger partial charge in [-0.05, 0) is 60.0 Å². The van der Waals surface area contributed by atoms with Crippen molar-refractivity contribution in [3.8, 4) is 11.5 Å². The number of aryl methyl sites for hydroxylation is 1. The molecule has 210 valence electrons. The summed E-state index contributed by atoms with van der Waals surface area (Å²) >= 11 is 0.839. The molecule has 42 heavy (non-hydrogen) atoms. The molecule has 2 N–H and O–H groups in total. The van der Waals surface area contributed by atoms with Crippen LogP contribution in [0.2, 0.25) is 0 Å². The maximum Gasteiger partial charge on any atom is 0.301 e. The van der Waals surface area contributed by atoms with E-state index in [2.05, 4.69) is 4.98 Å². The number of amides is 1. The van der Waals surface area contributed by atoms with E-state index in [9.17, 15) is 28.6 Å². The Morgan fingerprint density at radius 3 is 2.45 bits per heavy atom. The van der Waals surface area contributed by atoms with Crippen LogP contribution in [0.25, 0.3) is 16.0 Å². The predicted molar refractivity (Wildman–Crippen MR) is 154 cm³/mol. The molecule has 0 aliphatic carbocycles. The van der Waals surface area contributed by atoms with Crippen LogP contribution in [0.1, 0.15) is 28.3 Å². The number of hydrogen-bond donors (Lipinski definition) is 2. The van der Waals surface area contributed by atoms with Crippen LogP contribution in [0.15, 0.2) is 90.5 Å². The molecule has 6 rings (SSSR count). The van der Waals surface area contributed by atoms with E-state index >= 15 is 0 Å². The topological polar surface area (TPSA) is 100.0 Å². The summed E-state index contributed by atoms with van der Waals surface area (Å²) < 4.78 is 34.4. The first-order valence-corrected chi connectivity index (χ1v) is 13.7. The van der Waals surface area contributed by atoms with Crippen LogP contribution < -0.4 is 9.64 Å². The van der Waals surface area contributed by atoms with Gasteiger partial charge in [0.2, 0.25) is 0 Å². The largest absolute Gasteiger partial charge is 0.508 e. The summed E-state index contributed by atoms with van der Waals surface area (Å²) in [6.45, 7) is 2.13. The lowest BCUT2D eigenvalue weighted by Crippen LogP contribution is -2.29. The Balaban J connectivity index is 1.43. The molecule has 1 aromatic heterocycles. The molecule has 10 heteroatoms. The summed E-state index contributed by atoms with van der Waals surface area (Å²) in [7, 11) is 0. The number of nitrogens with zero attached hydrogens (tertiary/aromatic N) is 2. The summed E-state index contributed by atoms with van der Waals surface area (Å²) in [5, 5.41) is 21.3. The first-order valence-electron chi connectivity index (χ1n) is 12.8. The van der Waals surface area contributed by atoms with Gasteiger partial charge >= 0.3 is 5.91 Å². The van der Waals surface area contributed by atoms with E-state index in [1.165, 1.54) is 24.3 Å². The number of ketones is 1. The number of carbonyl (C=O) groups is 2. The number of aromatic nitrogens is 1. The zero-order valence-corrected chi connectivity index (χ0v) is 22.9. The van der Waals surface area contributed by atoms with Gasteiger partial charge in [0.05, 0.1) is 16.3 Å². The van der Waals surface area contributed by atoms with Gasteiger partial charge in [-0.25, -0.2) is 13.8 Å². The fourth-order valence-corrected chi connectivity index (χ4v) is 5.93. The zero-order chi connectivity index (χ0) is 29.5. The molecule has 1 fully saturated rings. The number of benzene rings is 4. The average Bonchev–Trinajstić information content (AvgIpc) is 3.51. The highest BCUT2D eigenvalue weighted by molar-refractivity contribution is 7.22. The first kappa shape index (κ1) is 27.1. The van der Waals surface area contributed by atoms with Crippen molar-refractivity contribution >= 4 is 44.1 Å². The van der Waals surface area contributed by atoms with Gasteiger partial charge in [0.1, 0.15) is 35.2 Å². The van der Waals surface area contributed by atoms with Crippen LogP contribution >= 0.6 is 11.3 Å². The third kappa shape index (κ3) is 4.86. The Kier molecular flexibility index (Phi) is 6.91. The zero-order valence-electron chi connectivity index (χ0n) is 22.0. The number of Topliss-reactive ketones (excluding diaryl/α,β-unsaturated/α-hetero) is 1. The highest BCUT2D eigenvalue weighted by atomic mass is 32.1. The van der Waals surface area contributed by atoms with Crippen molar-refractivity contribution in [3.05, 3.63) is 124 Å². The second kappa shape index (κ2) is 10.7. The summed E-state index contributed by atoms with van der Waals surface area (Å²) in [5.41, 5.74) is 1.97. The molecule has 1 aliphatic rings. The van der Waals surface area contributed by atoms with E-state index in [1.807, 2.05) is 30.3 Å². The average molecular weight is 585 g/mol. The number of aliphatic hydroxyl groups excluding tert-OH is 1. The van der Waals surface area contributed by atoms with Gasteiger partial charge in [-0.1, -0.05) is 53.8 Å². The van der Waals surface area contributed by atoms with Crippen LogP contribution in [0.5, 0.6) is 11.5 Å². The molecule has 0 bridgehead atoms. The number of halogens is 2. The second-order valence-corrected chi connectivity index (χ2v) is 10.8. The number of aromatic hydroxyl groups is 1. The minimum atomic E-state index is -1.16. The monoisotopic (exact) mass is 584 g/mol. The number of thiazole rings is 1. The number of fused-ring (bicyclic) bond motifs is 1. The minimum Gasteiger partial charge on any atom is -0.508 e. The molecule has 1 atom stereocenters. The molecular formula is C32H22F2N2O5S. The Hall–Kier alpha value is -5.09. The van der Waals surface area contributed by atoms with Crippen molar-refractivity contribution < 1.29 is 33.3 Å². The van der Waals surface area contributed by atoms with Gasteiger partial charge in [0.25, 0.3) is 5.78 Å². The van der Waals surface area contributed by atoms with E-state index in [0.29, 0.717) is 29.5 Å². The number of hydrogen-bond acceptors (Lipinski definition) is 7. The highest BCUT2D eigenvalue weighted by Gasteiger charge is 2.48. The van der Waals surface area contributed by atoms with Crippen molar-refractivity contribution in [2.75, 3.05) is 4.90 Å². The molecule has 0 spiro atoms. The van der Waals surface area contributed by atoms with Gasteiger partial charge in [-0.3, -0.25) is 14.5 Å². The quantitative estimate of drug-likeness (QED) is 0.129. The third-order valence-electron chi connectivity index (χ3n) is 6.95. The number of phenolic OH excluding ortho intramolecular Hbond substituents is 1. The van der Waals surface area contributed by atoms with E-state index < -0.39 is 35.1 Å². The molecule has 5 aromatic rings. The minimum absolute atomic E-state index is 0.0463. The predicted octanol–water partition coefficient (Wildman–Crippen LogP) is 6.79. The lowest BCUT2D eigenvalue weighted by Gasteiger charge is -2.23. The van der Waals surface area contributed by atoms with E-state index in [4.69, 9.17) is 4.74 Å². The molecule has 1 saturated heterocycles. The lowest BCUT2D eigenvalue weighted by molar-refractivity contribution is -0.132. The Labute approximate surface area is 242 Å². The Bertz CT molecular complexity index is 1890. The fourth-order valence-electron chi connectivity index (χ4n) is 4.90. The second-order valence-electron chi connectivity index (χ2n) is 9.75. The van der Waals surface area contributed by atoms with Crippen molar-refractivity contribution in [3.63, 3.8) is 0 Å². The SMILES string of the molecule is Cc1cc(/C(O)=C2\C(=O)C(=O)N(c3nc4c(F)cc(F)cc4s3)C2c2ccc(O)cc2)ccc1OCc1ccccc1. The van der Waals surface area contributed by atoms with E-state index in [1.54, 1.807) is 25.1 Å². The molecule has 1 amide bonds. The molecule has 7 nitrogen and oxygen atoms in total. The molecule has 4 aromatic carbocycles. The van der Waals surface area contributed by atoms with Crippen molar-refractivity contribution in [2.45, 2.75) is 19.6 Å². The van der Waals surface area contributed by atoms with Crippen LogP contribution in [-0.2, 0) is 16.2 Å². The first-order chi connectivity index (χ1) is 20.2. The van der Waals surface area contributed by atoms with Gasteiger partial charge in [-0.15, -0.1) is 0 Å². The van der Waals surface area contributed by atoms with Crippen LogP contribution in [0.3, 0.4) is 0 Å². The highest BCUT2D eigenvalue weighted by Crippen LogP contribution is 2.45. The van der Waals surface area contributed by atoms with Gasteiger partial charge in [0, 0.05) is 11.6 Å². The molecule has 0 radical (unpaired) electrons. The van der Waals surface area contributed by atoms with E-state index in [0.717, 1.165) is 27.9 Å². The van der Waals surface area contributed by atoms with Crippen LogP contribution in [-0.4, -0.2) is 26.9 Å². The molecule has 1 aliphatic heterocycles. The maximum atomic E-state index is 14.5. The van der Waals surface area contributed by atoms with Crippen LogP contribution in [0.4, 0.5) is 13.9 Å². The number of anilines is 1. The molecular weight excluding hydrogens is 562 g/mol. The van der Waals surface area contributed by atoms with Gasteiger partial charge in [0.15, 0.2) is 10.9 Å². The summed E-state index contributed by atoms with van der Waals surface area (Å²) in [6, 6.07) is 20.9. The maximum absolute atomic E-state index is 14.5.